The van der Waals surface area contributed by atoms with Crippen LogP contribution in [0.4, 0.5) is 0 Å². The lowest BCUT2D eigenvalue weighted by atomic mass is 10.1. The normalized spacial score (nSPS) is 17.4. The summed E-state index contributed by atoms with van der Waals surface area (Å²) in [5.74, 6) is 0.817. The number of halogens is 1. The summed E-state index contributed by atoms with van der Waals surface area (Å²) in [6.07, 6.45) is 1.75. The molecule has 1 aromatic carbocycles. The lowest BCUT2D eigenvalue weighted by Crippen LogP contribution is -2.24. The molecule has 0 saturated carbocycles. The number of likely N-dealkylation sites (N-methyl/N-ethyl adjacent to an activating group) is 1. The van der Waals surface area contributed by atoms with E-state index in [1.807, 2.05) is 12.1 Å². The zero-order valence-corrected chi connectivity index (χ0v) is 11.8. The number of hydrogen-bond acceptors (Lipinski definition) is 3. The molecule has 0 fully saturated rings. The number of nitrogens with one attached hydrogen (secondary N) is 1. The number of amides is 1. The summed E-state index contributed by atoms with van der Waals surface area (Å²) in [7, 11) is 1.58. The number of carbonyl (C=O) groups is 1. The Morgan fingerprint density at radius 1 is 1.56 bits per heavy atom. The van der Waals surface area contributed by atoms with E-state index < -0.39 is 0 Å². The van der Waals surface area contributed by atoms with Crippen LogP contribution in [0.3, 0.4) is 0 Å². The number of aliphatic hydroxyl groups excluding tert-OH is 1. The maximum Gasteiger partial charge on any atom is 0.257 e. The second-order valence-corrected chi connectivity index (χ2v) is 5.23. The predicted octanol–water partition coefficient (Wildman–Crippen LogP) is 1.28. The third kappa shape index (κ3) is 2.67. The number of fused-ring (bicyclic) bond motifs is 1. The SMILES string of the molecule is CNC(=O)COc1ccc2c(c1Br)CC(CO)C2. The largest absolute Gasteiger partial charge is 0.483 e. The first kappa shape index (κ1) is 13.4. The quantitative estimate of drug-likeness (QED) is 0.880. The molecule has 0 aromatic heterocycles. The van der Waals surface area contributed by atoms with Crippen LogP contribution in [0.25, 0.3) is 0 Å². The van der Waals surface area contributed by atoms with Crippen LogP contribution in [0.15, 0.2) is 16.6 Å². The topological polar surface area (TPSA) is 58.6 Å². The molecule has 1 unspecified atom stereocenters. The van der Waals surface area contributed by atoms with Crippen molar-refractivity contribution in [3.8, 4) is 5.75 Å². The number of ether oxygens (including phenoxy) is 1. The summed E-state index contributed by atoms with van der Waals surface area (Å²) < 4.78 is 6.36. The van der Waals surface area contributed by atoms with Crippen LogP contribution in [-0.2, 0) is 17.6 Å². The highest BCUT2D eigenvalue weighted by Gasteiger charge is 2.24. The second kappa shape index (κ2) is 5.71. The minimum absolute atomic E-state index is 0.0112. The van der Waals surface area contributed by atoms with E-state index in [2.05, 4.69) is 21.2 Å². The predicted molar refractivity (Wildman–Crippen MR) is 71.7 cm³/mol. The van der Waals surface area contributed by atoms with Gasteiger partial charge in [0.2, 0.25) is 0 Å². The number of benzene rings is 1. The lowest BCUT2D eigenvalue weighted by molar-refractivity contribution is -0.122. The highest BCUT2D eigenvalue weighted by atomic mass is 79.9. The van der Waals surface area contributed by atoms with Gasteiger partial charge in [-0.2, -0.15) is 0 Å². The second-order valence-electron chi connectivity index (χ2n) is 4.43. The Hall–Kier alpha value is -1.07. The average Bonchev–Trinajstić information content (AvgIpc) is 2.81. The van der Waals surface area contributed by atoms with Gasteiger partial charge in [-0.1, -0.05) is 6.07 Å². The van der Waals surface area contributed by atoms with Gasteiger partial charge in [-0.3, -0.25) is 4.79 Å². The molecule has 18 heavy (non-hydrogen) atoms. The molecule has 2 rings (SSSR count). The fourth-order valence-corrected chi connectivity index (χ4v) is 2.84. The fourth-order valence-electron chi connectivity index (χ4n) is 2.18. The Labute approximate surface area is 114 Å². The summed E-state index contributed by atoms with van der Waals surface area (Å²) in [5, 5.41) is 11.7. The van der Waals surface area contributed by atoms with Crippen LogP contribution in [0.5, 0.6) is 5.75 Å². The maximum atomic E-state index is 11.1. The minimum Gasteiger partial charge on any atom is -0.483 e. The van der Waals surface area contributed by atoms with Crippen LogP contribution in [-0.4, -0.2) is 31.3 Å². The number of aliphatic hydroxyl groups is 1. The smallest absolute Gasteiger partial charge is 0.257 e. The average molecular weight is 314 g/mol. The number of hydrogen-bond donors (Lipinski definition) is 2. The molecule has 5 heteroatoms. The number of rotatable bonds is 4. The third-order valence-electron chi connectivity index (χ3n) is 3.20. The van der Waals surface area contributed by atoms with E-state index in [4.69, 9.17) is 4.74 Å². The first-order chi connectivity index (χ1) is 8.65. The van der Waals surface area contributed by atoms with E-state index in [9.17, 15) is 9.90 Å². The standard InChI is InChI=1S/C13H16BrNO3/c1-15-12(17)7-18-11-3-2-9-4-8(6-16)5-10(9)13(11)14/h2-3,8,16H,4-7H2,1H3,(H,15,17). The van der Waals surface area contributed by atoms with E-state index in [-0.39, 0.29) is 19.1 Å². The van der Waals surface area contributed by atoms with Crippen LogP contribution >= 0.6 is 15.9 Å². The van der Waals surface area contributed by atoms with Crippen molar-refractivity contribution in [1.29, 1.82) is 0 Å². The van der Waals surface area contributed by atoms with Gasteiger partial charge in [0, 0.05) is 13.7 Å². The van der Waals surface area contributed by atoms with Crippen molar-refractivity contribution in [2.45, 2.75) is 12.8 Å². The Bertz CT molecular complexity index is 462. The van der Waals surface area contributed by atoms with Crippen LogP contribution < -0.4 is 10.1 Å². The summed E-state index contributed by atoms with van der Waals surface area (Å²) in [5.41, 5.74) is 2.43. The first-order valence-electron chi connectivity index (χ1n) is 5.90. The molecule has 0 aliphatic heterocycles. The van der Waals surface area contributed by atoms with Crippen molar-refractivity contribution >= 4 is 21.8 Å². The van der Waals surface area contributed by atoms with Gasteiger partial charge in [0.15, 0.2) is 6.61 Å². The van der Waals surface area contributed by atoms with Crippen molar-refractivity contribution in [3.05, 3.63) is 27.7 Å². The van der Waals surface area contributed by atoms with Gasteiger partial charge >= 0.3 is 0 Å². The van der Waals surface area contributed by atoms with Crippen molar-refractivity contribution in [1.82, 2.24) is 5.32 Å². The molecule has 0 bridgehead atoms. The number of carbonyl (C=O) groups excluding carboxylic acids is 1. The van der Waals surface area contributed by atoms with Crippen molar-refractivity contribution in [3.63, 3.8) is 0 Å². The highest BCUT2D eigenvalue weighted by Crippen LogP contribution is 2.38. The molecule has 98 valence electrons. The van der Waals surface area contributed by atoms with Crippen molar-refractivity contribution in [2.75, 3.05) is 20.3 Å². The van der Waals surface area contributed by atoms with Crippen LogP contribution in [0.1, 0.15) is 11.1 Å². The summed E-state index contributed by atoms with van der Waals surface area (Å²) in [4.78, 5) is 11.1. The van der Waals surface area contributed by atoms with Gasteiger partial charge in [0.1, 0.15) is 5.75 Å². The van der Waals surface area contributed by atoms with Crippen molar-refractivity contribution in [2.24, 2.45) is 5.92 Å². The molecule has 4 nitrogen and oxygen atoms in total. The zero-order chi connectivity index (χ0) is 13.1. The Balaban J connectivity index is 2.13. The Morgan fingerprint density at radius 3 is 3.00 bits per heavy atom. The molecule has 1 aromatic rings. The molecular weight excluding hydrogens is 298 g/mol. The van der Waals surface area contributed by atoms with Crippen LogP contribution in [0, 0.1) is 5.92 Å². The van der Waals surface area contributed by atoms with Crippen LogP contribution in [0.2, 0.25) is 0 Å². The van der Waals surface area contributed by atoms with E-state index in [0.717, 1.165) is 17.3 Å². The van der Waals surface area contributed by atoms with E-state index in [1.54, 1.807) is 7.05 Å². The Morgan fingerprint density at radius 2 is 2.33 bits per heavy atom. The van der Waals surface area contributed by atoms with E-state index in [0.29, 0.717) is 11.7 Å². The molecule has 1 aliphatic rings. The highest BCUT2D eigenvalue weighted by molar-refractivity contribution is 9.10. The molecule has 0 saturated heterocycles. The van der Waals surface area contributed by atoms with Gasteiger partial charge in [-0.25, -0.2) is 0 Å². The first-order valence-corrected chi connectivity index (χ1v) is 6.69. The van der Waals surface area contributed by atoms with Gasteiger partial charge in [0.25, 0.3) is 5.91 Å². The molecule has 1 amide bonds. The van der Waals surface area contributed by atoms with Gasteiger partial charge in [-0.05, 0) is 51.9 Å². The maximum absolute atomic E-state index is 11.1. The molecule has 0 spiro atoms. The third-order valence-corrected chi connectivity index (χ3v) is 4.07. The van der Waals surface area contributed by atoms with Gasteiger partial charge in [-0.15, -0.1) is 0 Å². The molecule has 0 radical (unpaired) electrons. The zero-order valence-electron chi connectivity index (χ0n) is 10.2. The summed E-state index contributed by atoms with van der Waals surface area (Å²) in [6.45, 7) is 0.215. The summed E-state index contributed by atoms with van der Waals surface area (Å²) >= 11 is 3.52. The minimum atomic E-state index is -0.157. The monoisotopic (exact) mass is 313 g/mol. The molecule has 2 N–H and O–H groups in total. The van der Waals surface area contributed by atoms with Gasteiger partial charge in [0.05, 0.1) is 4.47 Å². The summed E-state index contributed by atoms with van der Waals surface area (Å²) in [6, 6.07) is 3.88. The van der Waals surface area contributed by atoms with E-state index in [1.165, 1.54) is 11.1 Å². The molecule has 1 aliphatic carbocycles. The van der Waals surface area contributed by atoms with Crippen molar-refractivity contribution < 1.29 is 14.6 Å². The van der Waals surface area contributed by atoms with E-state index >= 15 is 0 Å². The molecule has 1 atom stereocenters. The lowest BCUT2D eigenvalue weighted by Gasteiger charge is -2.10. The molecule has 0 heterocycles. The fraction of sp³-hybridized carbons (Fsp3) is 0.462. The Kier molecular flexibility index (Phi) is 4.24. The molecular formula is C13H16BrNO3. The van der Waals surface area contributed by atoms with Gasteiger partial charge < -0.3 is 15.2 Å².